The van der Waals surface area contributed by atoms with Crippen LogP contribution in [0.1, 0.15) is 21.5 Å². The van der Waals surface area contributed by atoms with Gasteiger partial charge in [-0.15, -0.1) is 0 Å². The number of rotatable bonds is 4. The molecule has 28 heavy (non-hydrogen) atoms. The summed E-state index contributed by atoms with van der Waals surface area (Å²) < 4.78 is 44.5. The second kappa shape index (κ2) is 8.10. The third-order valence-corrected chi connectivity index (χ3v) is 4.47. The van der Waals surface area contributed by atoms with E-state index in [0.717, 1.165) is 12.1 Å². The fraction of sp³-hybridized carbons (Fsp3) is 0.263. The molecule has 0 saturated heterocycles. The minimum atomic E-state index is -4.63. The standard InChI is InChI=1S/C19H16ClF3N2O3/c20-13-5-6-16-12(9-13)10-25(17(26)11-28-16)8-7-24-18(27)14-3-1-2-4-15(14)19(21,22)23/h1-6,9H,7-8,10-11H2,(H,24,27). The third kappa shape index (κ3) is 4.56. The summed E-state index contributed by atoms with van der Waals surface area (Å²) in [4.78, 5) is 25.9. The maximum atomic E-state index is 13.0. The lowest BCUT2D eigenvalue weighted by Gasteiger charge is -2.20. The third-order valence-electron chi connectivity index (χ3n) is 4.23. The highest BCUT2D eigenvalue weighted by Crippen LogP contribution is 2.31. The van der Waals surface area contributed by atoms with Gasteiger partial charge in [-0.25, -0.2) is 0 Å². The number of carbonyl (C=O) groups excluding carboxylic acids is 2. The Balaban J connectivity index is 1.65. The Morgan fingerprint density at radius 2 is 1.96 bits per heavy atom. The summed E-state index contributed by atoms with van der Waals surface area (Å²) in [6.45, 7) is 0.171. The zero-order valence-electron chi connectivity index (χ0n) is 14.6. The largest absolute Gasteiger partial charge is 0.483 e. The molecule has 148 valence electrons. The lowest BCUT2D eigenvalue weighted by atomic mass is 10.1. The van der Waals surface area contributed by atoms with Crippen molar-refractivity contribution in [3.8, 4) is 5.75 Å². The van der Waals surface area contributed by atoms with Gasteiger partial charge in [-0.1, -0.05) is 23.7 Å². The molecule has 1 heterocycles. The minimum Gasteiger partial charge on any atom is -0.483 e. The number of nitrogens with zero attached hydrogens (tertiary/aromatic N) is 1. The Kier molecular flexibility index (Phi) is 5.79. The van der Waals surface area contributed by atoms with Crippen LogP contribution in [0.5, 0.6) is 5.75 Å². The van der Waals surface area contributed by atoms with Crippen molar-refractivity contribution >= 4 is 23.4 Å². The fourth-order valence-corrected chi connectivity index (χ4v) is 3.06. The summed E-state index contributed by atoms with van der Waals surface area (Å²) in [6, 6.07) is 9.55. The van der Waals surface area contributed by atoms with Crippen LogP contribution in [0, 0.1) is 0 Å². The lowest BCUT2D eigenvalue weighted by Crippen LogP contribution is -2.39. The Labute approximate surface area is 164 Å². The molecule has 0 fully saturated rings. The van der Waals surface area contributed by atoms with E-state index in [1.54, 1.807) is 18.2 Å². The van der Waals surface area contributed by atoms with Gasteiger partial charge in [-0.3, -0.25) is 9.59 Å². The maximum Gasteiger partial charge on any atom is 0.417 e. The first kappa shape index (κ1) is 20.0. The van der Waals surface area contributed by atoms with Gasteiger partial charge in [-0.05, 0) is 30.3 Å². The Bertz CT molecular complexity index is 902. The summed E-state index contributed by atoms with van der Waals surface area (Å²) in [6.07, 6.45) is -4.63. The SMILES string of the molecule is O=C(NCCN1Cc2cc(Cl)ccc2OCC1=O)c1ccccc1C(F)(F)F. The normalized spacial score (nSPS) is 14.1. The number of alkyl halides is 3. The zero-order valence-corrected chi connectivity index (χ0v) is 15.3. The van der Waals surface area contributed by atoms with Gasteiger partial charge >= 0.3 is 6.18 Å². The average Bonchev–Trinajstić information content (AvgIpc) is 2.80. The van der Waals surface area contributed by atoms with E-state index in [1.807, 2.05) is 0 Å². The molecule has 9 heteroatoms. The van der Waals surface area contributed by atoms with E-state index in [4.69, 9.17) is 16.3 Å². The van der Waals surface area contributed by atoms with Crippen molar-refractivity contribution in [3.05, 3.63) is 64.2 Å². The molecule has 0 saturated carbocycles. The van der Waals surface area contributed by atoms with Crippen LogP contribution >= 0.6 is 11.6 Å². The first-order chi connectivity index (χ1) is 13.3. The van der Waals surface area contributed by atoms with Gasteiger partial charge in [0.15, 0.2) is 6.61 Å². The van der Waals surface area contributed by atoms with Crippen LogP contribution in [0.25, 0.3) is 0 Å². The molecule has 1 aliphatic heterocycles. The van der Waals surface area contributed by atoms with Crippen LogP contribution in [0.3, 0.4) is 0 Å². The predicted molar refractivity (Wildman–Crippen MR) is 96.1 cm³/mol. The van der Waals surface area contributed by atoms with Gasteiger partial charge < -0.3 is 15.0 Å². The smallest absolute Gasteiger partial charge is 0.417 e. The fourth-order valence-electron chi connectivity index (χ4n) is 2.87. The molecule has 0 atom stereocenters. The van der Waals surface area contributed by atoms with E-state index < -0.39 is 23.2 Å². The topological polar surface area (TPSA) is 58.6 Å². The van der Waals surface area contributed by atoms with Crippen LogP contribution in [0.15, 0.2) is 42.5 Å². The highest BCUT2D eigenvalue weighted by Gasteiger charge is 2.34. The molecule has 1 aliphatic rings. The number of nitrogens with one attached hydrogen (secondary N) is 1. The van der Waals surface area contributed by atoms with Crippen LogP contribution < -0.4 is 10.1 Å². The van der Waals surface area contributed by atoms with Gasteiger partial charge in [0.25, 0.3) is 11.8 Å². The first-order valence-electron chi connectivity index (χ1n) is 8.39. The Hall–Kier alpha value is -2.74. The number of amides is 2. The molecule has 3 rings (SSSR count). The van der Waals surface area contributed by atoms with Crippen molar-refractivity contribution < 1.29 is 27.5 Å². The lowest BCUT2D eigenvalue weighted by molar-refractivity contribution is -0.138. The molecule has 2 amide bonds. The van der Waals surface area contributed by atoms with Crippen LogP contribution in [0.4, 0.5) is 13.2 Å². The maximum absolute atomic E-state index is 13.0. The number of hydrogen-bond acceptors (Lipinski definition) is 3. The van der Waals surface area contributed by atoms with E-state index in [-0.39, 0.29) is 32.1 Å². The summed E-state index contributed by atoms with van der Waals surface area (Å²) in [5.74, 6) is -0.601. The van der Waals surface area contributed by atoms with Crippen molar-refractivity contribution in [2.24, 2.45) is 0 Å². The number of fused-ring (bicyclic) bond motifs is 1. The number of ether oxygens (including phenoxy) is 1. The van der Waals surface area contributed by atoms with Crippen molar-refractivity contribution in [2.45, 2.75) is 12.7 Å². The van der Waals surface area contributed by atoms with Crippen molar-refractivity contribution in [1.29, 1.82) is 0 Å². The quantitative estimate of drug-likeness (QED) is 0.836. The van der Waals surface area contributed by atoms with Crippen LogP contribution in [-0.4, -0.2) is 36.4 Å². The molecule has 0 aliphatic carbocycles. The molecular formula is C19H16ClF3N2O3. The number of halogens is 4. The highest BCUT2D eigenvalue weighted by atomic mass is 35.5. The number of benzene rings is 2. The molecule has 0 spiro atoms. The molecule has 0 radical (unpaired) electrons. The van der Waals surface area contributed by atoms with E-state index in [0.29, 0.717) is 16.3 Å². The molecule has 0 aromatic heterocycles. The van der Waals surface area contributed by atoms with Gasteiger partial charge in [0.05, 0.1) is 11.1 Å². The first-order valence-corrected chi connectivity index (χ1v) is 8.77. The number of hydrogen-bond donors (Lipinski definition) is 1. The zero-order chi connectivity index (χ0) is 20.3. The summed E-state index contributed by atoms with van der Waals surface area (Å²) in [7, 11) is 0. The molecule has 2 aromatic carbocycles. The van der Waals surface area contributed by atoms with Crippen LogP contribution in [-0.2, 0) is 17.5 Å². The minimum absolute atomic E-state index is 0.00728. The summed E-state index contributed by atoms with van der Waals surface area (Å²) in [5, 5.41) is 2.93. The van der Waals surface area contributed by atoms with E-state index in [2.05, 4.69) is 5.32 Å². The molecule has 2 aromatic rings. The van der Waals surface area contributed by atoms with Crippen molar-refractivity contribution in [1.82, 2.24) is 10.2 Å². The molecule has 1 N–H and O–H groups in total. The molecule has 0 bridgehead atoms. The van der Waals surface area contributed by atoms with Gasteiger partial charge in [0, 0.05) is 30.2 Å². The van der Waals surface area contributed by atoms with E-state index >= 15 is 0 Å². The highest BCUT2D eigenvalue weighted by molar-refractivity contribution is 6.30. The summed E-state index contributed by atoms with van der Waals surface area (Å²) in [5.41, 5.74) is -0.750. The molecule has 5 nitrogen and oxygen atoms in total. The van der Waals surface area contributed by atoms with Gasteiger partial charge in [0.1, 0.15) is 5.75 Å². The molecular weight excluding hydrogens is 397 g/mol. The van der Waals surface area contributed by atoms with Gasteiger partial charge in [0.2, 0.25) is 0 Å². The second-order valence-corrected chi connectivity index (χ2v) is 6.59. The molecule has 0 unspecified atom stereocenters. The predicted octanol–water partition coefficient (Wildman–Crippen LogP) is 3.51. The average molecular weight is 413 g/mol. The Morgan fingerprint density at radius 1 is 1.21 bits per heavy atom. The van der Waals surface area contributed by atoms with Crippen molar-refractivity contribution in [3.63, 3.8) is 0 Å². The monoisotopic (exact) mass is 412 g/mol. The van der Waals surface area contributed by atoms with Gasteiger partial charge in [-0.2, -0.15) is 13.2 Å². The second-order valence-electron chi connectivity index (χ2n) is 6.16. The van der Waals surface area contributed by atoms with E-state index in [9.17, 15) is 22.8 Å². The van der Waals surface area contributed by atoms with E-state index in [1.165, 1.54) is 17.0 Å². The summed E-state index contributed by atoms with van der Waals surface area (Å²) >= 11 is 5.97. The van der Waals surface area contributed by atoms with Crippen LogP contribution in [0.2, 0.25) is 5.02 Å². The van der Waals surface area contributed by atoms with Crippen molar-refractivity contribution in [2.75, 3.05) is 19.7 Å². The number of carbonyl (C=O) groups is 2. The Morgan fingerprint density at radius 3 is 2.71 bits per heavy atom.